The van der Waals surface area contributed by atoms with E-state index in [1.54, 1.807) is 30.3 Å². The zero-order chi connectivity index (χ0) is 19.3. The Kier molecular flexibility index (Phi) is 6.22. The van der Waals surface area contributed by atoms with E-state index < -0.39 is 0 Å². The minimum atomic E-state index is -0.152. The van der Waals surface area contributed by atoms with Gasteiger partial charge in [-0.25, -0.2) is 0 Å². The third-order valence-electron chi connectivity index (χ3n) is 4.05. The van der Waals surface area contributed by atoms with Crippen LogP contribution in [0.1, 0.15) is 33.2 Å². The molecule has 2 rings (SSSR count). The second-order valence-electron chi connectivity index (χ2n) is 5.59. The lowest BCUT2D eigenvalue weighted by molar-refractivity contribution is 0.0992. The van der Waals surface area contributed by atoms with Gasteiger partial charge < -0.3 is 18.9 Å². The number of ether oxygens (including phenoxy) is 4. The molecule has 0 N–H and O–H groups in total. The standard InChI is InChI=1S/C20H22O6/c1-12(21)15-11-20(26-5)19(25-4)10-14(15)8-16(22)13-6-7-17(23-2)18(9-13)24-3/h6-7,9-11H,8H2,1-5H3. The van der Waals surface area contributed by atoms with E-state index >= 15 is 0 Å². The van der Waals surface area contributed by atoms with Gasteiger partial charge in [0.2, 0.25) is 0 Å². The topological polar surface area (TPSA) is 71.1 Å². The fourth-order valence-electron chi connectivity index (χ4n) is 2.68. The Bertz CT molecular complexity index is 825. The van der Waals surface area contributed by atoms with Gasteiger partial charge in [0.15, 0.2) is 34.6 Å². The van der Waals surface area contributed by atoms with E-state index in [0.717, 1.165) is 0 Å². The molecule has 138 valence electrons. The van der Waals surface area contributed by atoms with Gasteiger partial charge in [0.1, 0.15) is 0 Å². The van der Waals surface area contributed by atoms with Crippen LogP contribution in [0.25, 0.3) is 0 Å². The summed E-state index contributed by atoms with van der Waals surface area (Å²) in [5.41, 5.74) is 1.47. The first kappa shape index (κ1) is 19.3. The molecule has 0 aliphatic heterocycles. The first-order valence-electron chi connectivity index (χ1n) is 7.96. The van der Waals surface area contributed by atoms with Crippen molar-refractivity contribution in [2.24, 2.45) is 0 Å². The highest BCUT2D eigenvalue weighted by Gasteiger charge is 2.18. The molecule has 0 aliphatic carbocycles. The molecule has 0 heterocycles. The van der Waals surface area contributed by atoms with E-state index in [1.807, 2.05) is 0 Å². The van der Waals surface area contributed by atoms with Gasteiger partial charge in [-0.1, -0.05) is 0 Å². The van der Waals surface area contributed by atoms with Crippen LogP contribution in [0.15, 0.2) is 30.3 Å². The van der Waals surface area contributed by atoms with Crippen molar-refractivity contribution >= 4 is 11.6 Å². The van der Waals surface area contributed by atoms with Gasteiger partial charge in [0.05, 0.1) is 28.4 Å². The second kappa shape index (κ2) is 8.38. The lowest BCUT2D eigenvalue weighted by atomic mass is 9.96. The van der Waals surface area contributed by atoms with Crippen molar-refractivity contribution in [3.63, 3.8) is 0 Å². The van der Waals surface area contributed by atoms with Crippen molar-refractivity contribution < 1.29 is 28.5 Å². The van der Waals surface area contributed by atoms with Gasteiger partial charge in [-0.05, 0) is 42.8 Å². The maximum absolute atomic E-state index is 12.7. The molecule has 0 amide bonds. The van der Waals surface area contributed by atoms with Crippen molar-refractivity contribution in [2.45, 2.75) is 13.3 Å². The monoisotopic (exact) mass is 358 g/mol. The van der Waals surface area contributed by atoms with Gasteiger partial charge in [0, 0.05) is 17.5 Å². The summed E-state index contributed by atoms with van der Waals surface area (Å²) >= 11 is 0. The molecule has 0 aromatic heterocycles. The van der Waals surface area contributed by atoms with Crippen LogP contribution in [0, 0.1) is 0 Å². The summed E-state index contributed by atoms with van der Waals surface area (Å²) in [6, 6.07) is 8.21. The van der Waals surface area contributed by atoms with E-state index in [2.05, 4.69) is 0 Å². The molecule has 0 bridgehead atoms. The number of hydrogen-bond acceptors (Lipinski definition) is 6. The number of Topliss-reactive ketones (excluding diaryl/α,β-unsaturated/α-hetero) is 2. The Morgan fingerprint density at radius 3 is 1.85 bits per heavy atom. The van der Waals surface area contributed by atoms with E-state index in [4.69, 9.17) is 18.9 Å². The third-order valence-corrected chi connectivity index (χ3v) is 4.05. The molecule has 0 aliphatic rings. The lowest BCUT2D eigenvalue weighted by Crippen LogP contribution is -2.09. The fourth-order valence-corrected chi connectivity index (χ4v) is 2.68. The third kappa shape index (κ3) is 3.96. The normalized spacial score (nSPS) is 10.2. The van der Waals surface area contributed by atoms with Gasteiger partial charge >= 0.3 is 0 Å². The number of carbonyl (C=O) groups is 2. The minimum Gasteiger partial charge on any atom is -0.493 e. The van der Waals surface area contributed by atoms with Crippen LogP contribution in [0.3, 0.4) is 0 Å². The van der Waals surface area contributed by atoms with Gasteiger partial charge in [0.25, 0.3) is 0 Å². The average molecular weight is 358 g/mol. The number of methoxy groups -OCH3 is 4. The molecule has 0 unspecified atom stereocenters. The number of ketones is 2. The Hall–Kier alpha value is -3.02. The van der Waals surface area contributed by atoms with Crippen LogP contribution >= 0.6 is 0 Å². The predicted octanol–water partition coefficient (Wildman–Crippen LogP) is 3.35. The summed E-state index contributed by atoms with van der Waals surface area (Å²) < 4.78 is 20.9. The van der Waals surface area contributed by atoms with Crippen molar-refractivity contribution in [2.75, 3.05) is 28.4 Å². The summed E-state index contributed by atoms with van der Waals surface area (Å²) in [5.74, 6) is 1.62. The molecule has 0 saturated heterocycles. The van der Waals surface area contributed by atoms with Crippen molar-refractivity contribution in [3.05, 3.63) is 47.0 Å². The van der Waals surface area contributed by atoms with Crippen LogP contribution in [-0.2, 0) is 6.42 Å². The quantitative estimate of drug-likeness (QED) is 0.674. The molecule has 0 spiro atoms. The number of rotatable bonds is 8. The molecule has 26 heavy (non-hydrogen) atoms. The first-order chi connectivity index (χ1) is 12.4. The molecule has 2 aromatic rings. The van der Waals surface area contributed by atoms with Crippen molar-refractivity contribution in [1.29, 1.82) is 0 Å². The van der Waals surface area contributed by atoms with Crippen LogP contribution in [0.4, 0.5) is 0 Å². The lowest BCUT2D eigenvalue weighted by Gasteiger charge is -2.14. The largest absolute Gasteiger partial charge is 0.493 e. The predicted molar refractivity (Wildman–Crippen MR) is 97.1 cm³/mol. The van der Waals surface area contributed by atoms with Gasteiger partial charge in [-0.15, -0.1) is 0 Å². The SMILES string of the molecule is COc1ccc(C(=O)Cc2cc(OC)c(OC)cc2C(C)=O)cc1OC. The van der Waals surface area contributed by atoms with Crippen LogP contribution in [-0.4, -0.2) is 40.0 Å². The summed E-state index contributed by atoms with van der Waals surface area (Å²) in [4.78, 5) is 24.7. The molecule has 6 heteroatoms. The molecule has 0 atom stereocenters. The maximum atomic E-state index is 12.7. The smallest absolute Gasteiger partial charge is 0.167 e. The zero-order valence-electron chi connectivity index (χ0n) is 15.5. The molecule has 0 fully saturated rings. The van der Waals surface area contributed by atoms with Crippen LogP contribution in [0.2, 0.25) is 0 Å². The van der Waals surface area contributed by atoms with Gasteiger partial charge in [-0.3, -0.25) is 9.59 Å². The summed E-state index contributed by atoms with van der Waals surface area (Å²) in [5, 5.41) is 0. The number of hydrogen-bond donors (Lipinski definition) is 0. The van der Waals surface area contributed by atoms with Crippen molar-refractivity contribution in [1.82, 2.24) is 0 Å². The molecule has 0 saturated carbocycles. The Morgan fingerprint density at radius 1 is 0.769 bits per heavy atom. The highest BCUT2D eigenvalue weighted by molar-refractivity contribution is 6.02. The van der Waals surface area contributed by atoms with E-state index in [1.165, 1.54) is 35.4 Å². The van der Waals surface area contributed by atoms with E-state index in [9.17, 15) is 9.59 Å². The zero-order valence-corrected chi connectivity index (χ0v) is 15.5. The summed E-state index contributed by atoms with van der Waals surface area (Å²) in [7, 11) is 6.04. The molecular formula is C20H22O6. The van der Waals surface area contributed by atoms with Crippen molar-refractivity contribution in [3.8, 4) is 23.0 Å². The fraction of sp³-hybridized carbons (Fsp3) is 0.300. The molecule has 0 radical (unpaired) electrons. The maximum Gasteiger partial charge on any atom is 0.167 e. The number of benzene rings is 2. The highest BCUT2D eigenvalue weighted by atomic mass is 16.5. The highest BCUT2D eigenvalue weighted by Crippen LogP contribution is 2.32. The Balaban J connectivity index is 2.41. The summed E-state index contributed by atoms with van der Waals surface area (Å²) in [6.45, 7) is 1.45. The number of carbonyl (C=O) groups excluding carboxylic acids is 2. The van der Waals surface area contributed by atoms with E-state index in [-0.39, 0.29) is 18.0 Å². The Morgan fingerprint density at radius 2 is 1.31 bits per heavy atom. The summed E-state index contributed by atoms with van der Waals surface area (Å²) in [6.07, 6.45) is 0.0464. The van der Waals surface area contributed by atoms with E-state index in [0.29, 0.717) is 39.7 Å². The molecule has 2 aromatic carbocycles. The molecular weight excluding hydrogens is 336 g/mol. The second-order valence-corrected chi connectivity index (χ2v) is 5.59. The van der Waals surface area contributed by atoms with Gasteiger partial charge in [-0.2, -0.15) is 0 Å². The minimum absolute atomic E-state index is 0.0464. The van der Waals surface area contributed by atoms with Crippen LogP contribution in [0.5, 0.6) is 23.0 Å². The average Bonchev–Trinajstić information content (AvgIpc) is 2.66. The Labute approximate surface area is 152 Å². The van der Waals surface area contributed by atoms with Crippen LogP contribution < -0.4 is 18.9 Å². The first-order valence-corrected chi connectivity index (χ1v) is 7.96. The molecule has 6 nitrogen and oxygen atoms in total.